The number of nitrogens with zero attached hydrogens (tertiary/aromatic N) is 1. The smallest absolute Gasteiger partial charge is 0.239 e. The molecule has 2 aromatic rings. The Morgan fingerprint density at radius 3 is 2.57 bits per heavy atom. The van der Waals surface area contributed by atoms with Crippen molar-refractivity contribution in [2.45, 2.75) is 25.6 Å². The monoisotopic (exact) mass is 304 g/mol. The van der Waals surface area contributed by atoms with E-state index in [1.165, 1.54) is 11.3 Å². The summed E-state index contributed by atoms with van der Waals surface area (Å²) in [6.45, 7) is 2.36. The minimum atomic E-state index is -0.684. The lowest BCUT2D eigenvalue weighted by atomic mass is 10.1. The first-order valence-electron chi connectivity index (χ1n) is 6.87. The second-order valence-electron chi connectivity index (χ2n) is 5.02. The molecule has 0 aliphatic carbocycles. The molecule has 1 aromatic carbocycles. The van der Waals surface area contributed by atoms with Crippen molar-refractivity contribution in [3.05, 3.63) is 58.3 Å². The number of aliphatic hydroxyl groups excluding tert-OH is 1. The number of amides is 1. The van der Waals surface area contributed by atoms with Crippen molar-refractivity contribution in [3.63, 3.8) is 0 Å². The summed E-state index contributed by atoms with van der Waals surface area (Å²) in [6, 6.07) is 12.9. The Kier molecular flexibility index (Phi) is 5.50. The molecule has 2 atom stereocenters. The fraction of sp³-hybridized carbons (Fsp3) is 0.312. The van der Waals surface area contributed by atoms with Crippen LogP contribution in [-0.2, 0) is 11.3 Å². The number of hydrogen-bond donors (Lipinski definition) is 2. The molecule has 1 unspecified atom stereocenters. The predicted octanol–water partition coefficient (Wildman–Crippen LogP) is 2.16. The van der Waals surface area contributed by atoms with Crippen LogP contribution in [0.3, 0.4) is 0 Å². The normalized spacial score (nSPS) is 13.7. The van der Waals surface area contributed by atoms with Crippen LogP contribution in [0.5, 0.6) is 0 Å². The molecule has 1 amide bonds. The quantitative estimate of drug-likeness (QED) is 0.859. The lowest BCUT2D eigenvalue weighted by Gasteiger charge is -2.26. The van der Waals surface area contributed by atoms with E-state index in [9.17, 15) is 9.90 Å². The third-order valence-electron chi connectivity index (χ3n) is 3.18. The van der Waals surface area contributed by atoms with Crippen LogP contribution in [0.4, 0.5) is 0 Å². The highest BCUT2D eigenvalue weighted by molar-refractivity contribution is 7.10. The Labute approximate surface area is 128 Å². The summed E-state index contributed by atoms with van der Waals surface area (Å²) in [6.07, 6.45) is -0.684. The average Bonchev–Trinajstić information content (AvgIpc) is 3.01. The van der Waals surface area contributed by atoms with Crippen LogP contribution < -0.4 is 5.73 Å². The van der Waals surface area contributed by atoms with E-state index in [4.69, 9.17) is 5.73 Å². The van der Waals surface area contributed by atoms with E-state index in [1.807, 2.05) is 47.8 Å². The van der Waals surface area contributed by atoms with Gasteiger partial charge in [0, 0.05) is 11.4 Å². The SMILES string of the molecule is C[C@@H](N)C(=O)N(Cc1ccccc1)CC(O)c1cccs1. The van der Waals surface area contributed by atoms with Crippen molar-refractivity contribution in [2.75, 3.05) is 6.54 Å². The van der Waals surface area contributed by atoms with Gasteiger partial charge in [0.25, 0.3) is 0 Å². The Balaban J connectivity index is 2.10. The molecule has 0 saturated heterocycles. The van der Waals surface area contributed by atoms with Crippen LogP contribution in [0, 0.1) is 0 Å². The lowest BCUT2D eigenvalue weighted by Crippen LogP contribution is -2.43. The molecule has 0 aliphatic rings. The van der Waals surface area contributed by atoms with Gasteiger partial charge in [0.2, 0.25) is 5.91 Å². The highest BCUT2D eigenvalue weighted by Crippen LogP contribution is 2.21. The topological polar surface area (TPSA) is 66.6 Å². The Morgan fingerprint density at radius 2 is 2.00 bits per heavy atom. The molecule has 3 N–H and O–H groups in total. The molecule has 0 aliphatic heterocycles. The van der Waals surface area contributed by atoms with Crippen molar-refractivity contribution < 1.29 is 9.90 Å². The van der Waals surface area contributed by atoms with Gasteiger partial charge in [0.05, 0.1) is 12.6 Å². The van der Waals surface area contributed by atoms with Gasteiger partial charge in [-0.3, -0.25) is 4.79 Å². The summed E-state index contributed by atoms with van der Waals surface area (Å²) in [5.74, 6) is -0.158. The maximum Gasteiger partial charge on any atom is 0.239 e. The molecule has 0 fully saturated rings. The minimum Gasteiger partial charge on any atom is -0.386 e. The number of rotatable bonds is 6. The third-order valence-corrected chi connectivity index (χ3v) is 4.16. The third kappa shape index (κ3) is 4.39. The van der Waals surface area contributed by atoms with E-state index in [0.29, 0.717) is 6.54 Å². The molecule has 0 bridgehead atoms. The minimum absolute atomic E-state index is 0.158. The molecule has 5 heteroatoms. The van der Waals surface area contributed by atoms with E-state index in [-0.39, 0.29) is 12.5 Å². The van der Waals surface area contributed by atoms with Crippen LogP contribution in [-0.4, -0.2) is 28.5 Å². The zero-order chi connectivity index (χ0) is 15.2. The fourth-order valence-electron chi connectivity index (χ4n) is 2.10. The van der Waals surface area contributed by atoms with Crippen LogP contribution >= 0.6 is 11.3 Å². The van der Waals surface area contributed by atoms with Gasteiger partial charge in [-0.1, -0.05) is 36.4 Å². The van der Waals surface area contributed by atoms with E-state index in [1.54, 1.807) is 11.8 Å². The summed E-state index contributed by atoms with van der Waals surface area (Å²) in [4.78, 5) is 14.7. The van der Waals surface area contributed by atoms with Gasteiger partial charge in [-0.15, -0.1) is 11.3 Å². The van der Waals surface area contributed by atoms with E-state index >= 15 is 0 Å². The molecule has 112 valence electrons. The van der Waals surface area contributed by atoms with Crippen molar-refractivity contribution in [2.24, 2.45) is 5.73 Å². The number of carbonyl (C=O) groups is 1. The number of hydrogen-bond acceptors (Lipinski definition) is 4. The molecule has 2 rings (SSSR count). The average molecular weight is 304 g/mol. The second kappa shape index (κ2) is 7.36. The summed E-state index contributed by atoms with van der Waals surface area (Å²) in [7, 11) is 0. The van der Waals surface area contributed by atoms with Gasteiger partial charge in [0.15, 0.2) is 0 Å². The molecule has 0 spiro atoms. The Morgan fingerprint density at radius 1 is 1.29 bits per heavy atom. The van der Waals surface area contributed by atoms with Crippen molar-refractivity contribution in [1.82, 2.24) is 4.90 Å². The summed E-state index contributed by atoms with van der Waals surface area (Å²) < 4.78 is 0. The van der Waals surface area contributed by atoms with Gasteiger partial charge >= 0.3 is 0 Å². The molecule has 4 nitrogen and oxygen atoms in total. The highest BCUT2D eigenvalue weighted by Gasteiger charge is 2.22. The standard InChI is InChI=1S/C16H20N2O2S/c1-12(17)16(20)18(10-13-6-3-2-4-7-13)11-14(19)15-8-5-9-21-15/h2-9,12,14,19H,10-11,17H2,1H3/t12-,14?/m1/s1. The largest absolute Gasteiger partial charge is 0.386 e. The maximum atomic E-state index is 12.2. The van der Waals surface area contributed by atoms with E-state index in [0.717, 1.165) is 10.4 Å². The summed E-state index contributed by atoms with van der Waals surface area (Å²) in [5.41, 5.74) is 6.73. The number of benzene rings is 1. The van der Waals surface area contributed by atoms with Gasteiger partial charge in [0.1, 0.15) is 6.10 Å². The van der Waals surface area contributed by atoms with Gasteiger partial charge < -0.3 is 15.7 Å². The molecule has 0 radical (unpaired) electrons. The zero-order valence-corrected chi connectivity index (χ0v) is 12.8. The number of thiophene rings is 1. The predicted molar refractivity (Wildman–Crippen MR) is 84.8 cm³/mol. The summed E-state index contributed by atoms with van der Waals surface area (Å²) in [5, 5.41) is 12.2. The zero-order valence-electron chi connectivity index (χ0n) is 12.0. The second-order valence-corrected chi connectivity index (χ2v) is 6.00. The van der Waals surface area contributed by atoms with Crippen LogP contribution in [0.25, 0.3) is 0 Å². The number of nitrogens with two attached hydrogens (primary N) is 1. The first-order valence-corrected chi connectivity index (χ1v) is 7.75. The molecular weight excluding hydrogens is 284 g/mol. The van der Waals surface area contributed by atoms with Crippen LogP contribution in [0.2, 0.25) is 0 Å². The number of aliphatic hydroxyl groups is 1. The lowest BCUT2D eigenvalue weighted by molar-refractivity contribution is -0.134. The van der Waals surface area contributed by atoms with E-state index < -0.39 is 12.1 Å². The Bertz CT molecular complexity index is 555. The van der Waals surface area contributed by atoms with Gasteiger partial charge in [-0.05, 0) is 23.9 Å². The first kappa shape index (κ1) is 15.7. The number of carbonyl (C=O) groups excluding carboxylic acids is 1. The fourth-order valence-corrected chi connectivity index (χ4v) is 2.81. The molecule has 0 saturated carbocycles. The van der Waals surface area contributed by atoms with Crippen LogP contribution in [0.15, 0.2) is 47.8 Å². The van der Waals surface area contributed by atoms with E-state index in [2.05, 4.69) is 0 Å². The van der Waals surface area contributed by atoms with Crippen molar-refractivity contribution in [3.8, 4) is 0 Å². The Hall–Kier alpha value is -1.69. The van der Waals surface area contributed by atoms with Crippen LogP contribution in [0.1, 0.15) is 23.5 Å². The van der Waals surface area contributed by atoms with Gasteiger partial charge in [-0.25, -0.2) is 0 Å². The summed E-state index contributed by atoms with van der Waals surface area (Å²) >= 11 is 1.48. The highest BCUT2D eigenvalue weighted by atomic mass is 32.1. The molecule has 1 aromatic heterocycles. The maximum absolute atomic E-state index is 12.2. The van der Waals surface area contributed by atoms with Crippen molar-refractivity contribution in [1.29, 1.82) is 0 Å². The molecule has 1 heterocycles. The molecule has 21 heavy (non-hydrogen) atoms. The van der Waals surface area contributed by atoms with Crippen molar-refractivity contribution >= 4 is 17.2 Å². The van der Waals surface area contributed by atoms with Gasteiger partial charge in [-0.2, -0.15) is 0 Å². The first-order chi connectivity index (χ1) is 10.1. The molecular formula is C16H20N2O2S.